The Morgan fingerprint density at radius 3 is 2.50 bits per heavy atom. The zero-order valence-electron chi connectivity index (χ0n) is 6.92. The molecule has 60 valence electrons. The third kappa shape index (κ3) is 1.48. The highest BCUT2D eigenvalue weighted by Crippen LogP contribution is 2.09. The first-order chi connectivity index (χ1) is 4.75. The average Bonchev–Trinajstić information content (AvgIpc) is 2.33. The summed E-state index contributed by atoms with van der Waals surface area (Å²) in [6.07, 6.45) is 0. The number of likely N-dealkylation sites (N-methyl/N-ethyl adjacent to an activating group) is 2. The lowest BCUT2D eigenvalue weighted by molar-refractivity contribution is 0.170. The minimum absolute atomic E-state index is 0.509. The first kappa shape index (κ1) is 7.98. The third-order valence-electron chi connectivity index (χ3n) is 2.08. The van der Waals surface area contributed by atoms with Gasteiger partial charge in [-0.05, 0) is 21.1 Å². The van der Waals surface area contributed by atoms with Gasteiger partial charge in [0.15, 0.2) is 0 Å². The lowest BCUT2D eigenvalue weighted by atomic mass is 10.1. The first-order valence-corrected chi connectivity index (χ1v) is 3.67. The molecule has 10 heavy (non-hydrogen) atoms. The van der Waals surface area contributed by atoms with Gasteiger partial charge in [0.05, 0.1) is 13.2 Å². The van der Waals surface area contributed by atoms with Crippen molar-refractivity contribution in [2.45, 2.75) is 12.1 Å². The Hall–Kier alpha value is -0.120. The highest BCUT2D eigenvalue weighted by atomic mass is 16.5. The van der Waals surface area contributed by atoms with Gasteiger partial charge in [-0.2, -0.15) is 0 Å². The summed E-state index contributed by atoms with van der Waals surface area (Å²) < 4.78 is 5.32. The van der Waals surface area contributed by atoms with Crippen LogP contribution in [-0.4, -0.2) is 51.3 Å². The summed E-state index contributed by atoms with van der Waals surface area (Å²) in [5.74, 6) is 0. The van der Waals surface area contributed by atoms with Crippen molar-refractivity contribution in [3.63, 3.8) is 0 Å². The van der Waals surface area contributed by atoms with Crippen LogP contribution in [0.25, 0.3) is 0 Å². The Balaban J connectivity index is 2.42. The molecular formula is C7H16N2O. The van der Waals surface area contributed by atoms with Crippen LogP contribution in [0.4, 0.5) is 0 Å². The Morgan fingerprint density at radius 1 is 1.40 bits per heavy atom. The van der Waals surface area contributed by atoms with Crippen LogP contribution in [-0.2, 0) is 4.74 Å². The van der Waals surface area contributed by atoms with E-state index in [4.69, 9.17) is 4.74 Å². The van der Waals surface area contributed by atoms with Crippen LogP contribution >= 0.6 is 0 Å². The summed E-state index contributed by atoms with van der Waals surface area (Å²) in [5.41, 5.74) is 0. The van der Waals surface area contributed by atoms with E-state index in [1.807, 2.05) is 7.05 Å². The van der Waals surface area contributed by atoms with E-state index in [-0.39, 0.29) is 0 Å². The summed E-state index contributed by atoms with van der Waals surface area (Å²) in [5, 5.41) is 3.23. The molecule has 0 amide bonds. The molecule has 2 atom stereocenters. The second-order valence-electron chi connectivity index (χ2n) is 2.96. The van der Waals surface area contributed by atoms with Crippen molar-refractivity contribution >= 4 is 0 Å². The monoisotopic (exact) mass is 144 g/mol. The number of hydrogen-bond donors (Lipinski definition) is 1. The standard InChI is InChI=1S/C7H16N2O/c1-8-6-4-10-5-7(6)9(2)3/h6-8H,4-5H2,1-3H3/t6-,7-/m0/s1. The third-order valence-corrected chi connectivity index (χ3v) is 2.08. The molecule has 0 aromatic rings. The fourth-order valence-corrected chi connectivity index (χ4v) is 1.33. The Kier molecular flexibility index (Phi) is 2.65. The van der Waals surface area contributed by atoms with E-state index in [1.54, 1.807) is 0 Å². The van der Waals surface area contributed by atoms with Crippen LogP contribution in [0.2, 0.25) is 0 Å². The molecule has 0 aromatic carbocycles. The number of nitrogens with zero attached hydrogens (tertiary/aromatic N) is 1. The van der Waals surface area contributed by atoms with Crippen molar-refractivity contribution in [1.29, 1.82) is 0 Å². The lowest BCUT2D eigenvalue weighted by Crippen LogP contribution is -2.44. The molecule has 0 unspecified atom stereocenters. The molecule has 1 fully saturated rings. The second kappa shape index (κ2) is 3.32. The van der Waals surface area contributed by atoms with Gasteiger partial charge in [-0.15, -0.1) is 0 Å². The summed E-state index contributed by atoms with van der Waals surface area (Å²) in [6.45, 7) is 1.71. The molecule has 1 N–H and O–H groups in total. The Bertz CT molecular complexity index is 106. The number of ether oxygens (including phenoxy) is 1. The van der Waals surface area contributed by atoms with E-state index in [0.29, 0.717) is 12.1 Å². The van der Waals surface area contributed by atoms with E-state index in [9.17, 15) is 0 Å². The molecule has 3 nitrogen and oxygen atoms in total. The molecule has 3 heteroatoms. The SMILES string of the molecule is CN[C@H]1COC[C@@H]1N(C)C. The van der Waals surface area contributed by atoms with Crippen molar-refractivity contribution in [3.8, 4) is 0 Å². The summed E-state index contributed by atoms with van der Waals surface area (Å²) in [6, 6.07) is 1.06. The molecule has 0 spiro atoms. The van der Waals surface area contributed by atoms with E-state index in [1.165, 1.54) is 0 Å². The minimum Gasteiger partial charge on any atom is -0.378 e. The molecule has 1 saturated heterocycles. The molecule has 1 rings (SSSR count). The van der Waals surface area contributed by atoms with Crippen molar-refractivity contribution in [1.82, 2.24) is 10.2 Å². The molecule has 0 bridgehead atoms. The van der Waals surface area contributed by atoms with Gasteiger partial charge in [0.25, 0.3) is 0 Å². The molecule has 0 aliphatic carbocycles. The fourth-order valence-electron chi connectivity index (χ4n) is 1.33. The maximum Gasteiger partial charge on any atom is 0.0638 e. The molecule has 0 saturated carbocycles. The van der Waals surface area contributed by atoms with Gasteiger partial charge >= 0.3 is 0 Å². The van der Waals surface area contributed by atoms with Crippen molar-refractivity contribution in [2.24, 2.45) is 0 Å². The van der Waals surface area contributed by atoms with Gasteiger partial charge < -0.3 is 15.0 Å². The zero-order valence-corrected chi connectivity index (χ0v) is 6.92. The summed E-state index contributed by atoms with van der Waals surface area (Å²) >= 11 is 0. The van der Waals surface area contributed by atoms with Crippen LogP contribution in [0.1, 0.15) is 0 Å². The summed E-state index contributed by atoms with van der Waals surface area (Å²) in [4.78, 5) is 2.20. The van der Waals surface area contributed by atoms with Gasteiger partial charge in [0.1, 0.15) is 0 Å². The second-order valence-corrected chi connectivity index (χ2v) is 2.96. The van der Waals surface area contributed by atoms with Crippen molar-refractivity contribution < 1.29 is 4.74 Å². The normalized spacial score (nSPS) is 33.6. The molecule has 0 radical (unpaired) electrons. The van der Waals surface area contributed by atoms with Crippen LogP contribution in [0.15, 0.2) is 0 Å². The maximum atomic E-state index is 5.32. The van der Waals surface area contributed by atoms with Crippen molar-refractivity contribution in [2.75, 3.05) is 34.4 Å². The zero-order chi connectivity index (χ0) is 7.56. The van der Waals surface area contributed by atoms with Crippen LogP contribution < -0.4 is 5.32 Å². The largest absolute Gasteiger partial charge is 0.378 e. The van der Waals surface area contributed by atoms with Gasteiger partial charge in [0, 0.05) is 12.1 Å². The van der Waals surface area contributed by atoms with Crippen molar-refractivity contribution in [3.05, 3.63) is 0 Å². The Morgan fingerprint density at radius 2 is 2.10 bits per heavy atom. The minimum atomic E-state index is 0.509. The number of hydrogen-bond acceptors (Lipinski definition) is 3. The van der Waals surface area contributed by atoms with Gasteiger partial charge in [-0.25, -0.2) is 0 Å². The van der Waals surface area contributed by atoms with Gasteiger partial charge in [-0.3, -0.25) is 0 Å². The molecule has 1 heterocycles. The molecule has 1 aliphatic heterocycles. The fraction of sp³-hybridized carbons (Fsp3) is 1.00. The molecule has 0 aromatic heterocycles. The highest BCUT2D eigenvalue weighted by molar-refractivity contribution is 4.85. The van der Waals surface area contributed by atoms with Crippen LogP contribution in [0.3, 0.4) is 0 Å². The number of nitrogens with one attached hydrogen (secondary N) is 1. The predicted molar refractivity (Wildman–Crippen MR) is 41.1 cm³/mol. The van der Waals surface area contributed by atoms with E-state index >= 15 is 0 Å². The predicted octanol–water partition coefficient (Wildman–Crippen LogP) is -0.465. The van der Waals surface area contributed by atoms with E-state index < -0.39 is 0 Å². The average molecular weight is 144 g/mol. The van der Waals surface area contributed by atoms with Gasteiger partial charge in [0.2, 0.25) is 0 Å². The van der Waals surface area contributed by atoms with Crippen LogP contribution in [0.5, 0.6) is 0 Å². The highest BCUT2D eigenvalue weighted by Gasteiger charge is 2.27. The maximum absolute atomic E-state index is 5.32. The summed E-state index contributed by atoms with van der Waals surface area (Å²) in [7, 11) is 6.16. The smallest absolute Gasteiger partial charge is 0.0638 e. The Labute approximate surface area is 62.3 Å². The number of rotatable bonds is 2. The van der Waals surface area contributed by atoms with E-state index in [2.05, 4.69) is 24.3 Å². The van der Waals surface area contributed by atoms with Crippen LogP contribution in [0, 0.1) is 0 Å². The van der Waals surface area contributed by atoms with E-state index in [0.717, 1.165) is 13.2 Å². The first-order valence-electron chi connectivity index (χ1n) is 3.67. The topological polar surface area (TPSA) is 24.5 Å². The molecule has 1 aliphatic rings. The lowest BCUT2D eigenvalue weighted by Gasteiger charge is -2.23. The van der Waals surface area contributed by atoms with Gasteiger partial charge in [-0.1, -0.05) is 0 Å². The quantitative estimate of drug-likeness (QED) is 0.567. The molecular weight excluding hydrogens is 128 g/mol.